The molecule has 5 heteroatoms. The van der Waals surface area contributed by atoms with Crippen molar-refractivity contribution in [3.63, 3.8) is 0 Å². The molecule has 1 heterocycles. The minimum atomic E-state index is -0.191. The highest BCUT2D eigenvalue weighted by molar-refractivity contribution is 9.10. The Morgan fingerprint density at radius 2 is 2.15 bits per heavy atom. The molecule has 0 saturated carbocycles. The lowest BCUT2D eigenvalue weighted by molar-refractivity contribution is 0.0908. The van der Waals surface area contributed by atoms with Gasteiger partial charge in [0.15, 0.2) is 0 Å². The van der Waals surface area contributed by atoms with Crippen LogP contribution in [-0.4, -0.2) is 41.6 Å². The zero-order valence-corrected chi connectivity index (χ0v) is 13.3. The lowest BCUT2D eigenvalue weighted by atomic mass is 10.0. The van der Waals surface area contributed by atoms with E-state index in [0.29, 0.717) is 5.56 Å². The van der Waals surface area contributed by atoms with Crippen LogP contribution in [-0.2, 0) is 0 Å². The number of nitrogens with zero attached hydrogens (tertiary/aromatic N) is 1. The first-order valence-electron chi connectivity index (χ1n) is 7.12. The maximum absolute atomic E-state index is 12.2. The third kappa shape index (κ3) is 3.96. The number of aromatic hydroxyl groups is 1. The molecule has 1 aromatic rings. The van der Waals surface area contributed by atoms with Crippen LogP contribution in [0.15, 0.2) is 22.7 Å². The molecular weight excluding hydrogens is 320 g/mol. The molecule has 0 aromatic heterocycles. The van der Waals surface area contributed by atoms with Gasteiger partial charge in [-0.15, -0.1) is 0 Å². The standard InChI is InChI=1S/C15H21BrN2O2/c1-2-7-18-8-5-12(6-9-18)17-15(20)13-4-3-11(16)10-14(13)19/h3-4,10,12,19H,2,5-9H2,1H3,(H,17,20). The van der Waals surface area contributed by atoms with Crippen LogP contribution in [0.1, 0.15) is 36.5 Å². The SMILES string of the molecule is CCCN1CCC(NC(=O)c2ccc(Br)cc2O)CC1. The molecule has 1 saturated heterocycles. The summed E-state index contributed by atoms with van der Waals surface area (Å²) in [5, 5.41) is 12.8. The number of carbonyl (C=O) groups excluding carboxylic acids is 1. The van der Waals surface area contributed by atoms with Gasteiger partial charge in [0, 0.05) is 23.6 Å². The van der Waals surface area contributed by atoms with Gasteiger partial charge in [0.05, 0.1) is 5.56 Å². The Bertz CT molecular complexity index is 471. The summed E-state index contributed by atoms with van der Waals surface area (Å²) in [5.74, 6) is -0.177. The summed E-state index contributed by atoms with van der Waals surface area (Å²) < 4.78 is 0.763. The molecule has 0 atom stereocenters. The number of likely N-dealkylation sites (tertiary alicyclic amines) is 1. The first-order chi connectivity index (χ1) is 9.60. The number of hydrogen-bond donors (Lipinski definition) is 2. The zero-order valence-electron chi connectivity index (χ0n) is 11.7. The molecule has 2 N–H and O–H groups in total. The molecule has 0 aliphatic carbocycles. The van der Waals surface area contributed by atoms with E-state index in [9.17, 15) is 9.90 Å². The molecule has 20 heavy (non-hydrogen) atoms. The monoisotopic (exact) mass is 340 g/mol. The molecule has 110 valence electrons. The lowest BCUT2D eigenvalue weighted by Gasteiger charge is -2.32. The largest absolute Gasteiger partial charge is 0.507 e. The zero-order chi connectivity index (χ0) is 14.5. The summed E-state index contributed by atoms with van der Waals surface area (Å²) in [6.45, 7) is 5.38. The smallest absolute Gasteiger partial charge is 0.255 e. The summed E-state index contributed by atoms with van der Waals surface area (Å²) in [6.07, 6.45) is 3.12. The number of amides is 1. The summed E-state index contributed by atoms with van der Waals surface area (Å²) in [6, 6.07) is 5.15. The molecule has 1 aliphatic heterocycles. The fourth-order valence-corrected chi connectivity index (χ4v) is 2.93. The van der Waals surface area contributed by atoms with Crippen molar-refractivity contribution in [3.05, 3.63) is 28.2 Å². The van der Waals surface area contributed by atoms with Crippen molar-refractivity contribution in [2.24, 2.45) is 0 Å². The van der Waals surface area contributed by atoms with Gasteiger partial charge in [-0.25, -0.2) is 0 Å². The highest BCUT2D eigenvalue weighted by Gasteiger charge is 2.21. The van der Waals surface area contributed by atoms with Crippen molar-refractivity contribution < 1.29 is 9.90 Å². The Morgan fingerprint density at radius 3 is 2.75 bits per heavy atom. The van der Waals surface area contributed by atoms with Gasteiger partial charge in [0.1, 0.15) is 5.75 Å². The summed E-state index contributed by atoms with van der Waals surface area (Å²) in [5.41, 5.74) is 0.337. The quantitative estimate of drug-likeness (QED) is 0.886. The van der Waals surface area contributed by atoms with E-state index in [1.807, 2.05) is 0 Å². The Hall–Kier alpha value is -1.07. The minimum Gasteiger partial charge on any atom is -0.507 e. The van der Waals surface area contributed by atoms with Crippen LogP contribution in [0.5, 0.6) is 5.75 Å². The van der Waals surface area contributed by atoms with Crippen LogP contribution in [0.4, 0.5) is 0 Å². The predicted octanol–water partition coefficient (Wildman–Crippen LogP) is 2.76. The van der Waals surface area contributed by atoms with E-state index < -0.39 is 0 Å². The maximum Gasteiger partial charge on any atom is 0.255 e. The Balaban J connectivity index is 1.89. The molecule has 1 amide bonds. The van der Waals surface area contributed by atoms with E-state index in [2.05, 4.69) is 33.1 Å². The fraction of sp³-hybridized carbons (Fsp3) is 0.533. The molecule has 2 rings (SSSR count). The molecule has 0 unspecified atom stereocenters. The topological polar surface area (TPSA) is 52.6 Å². The van der Waals surface area contributed by atoms with Gasteiger partial charge in [-0.05, 0) is 44.0 Å². The number of phenols is 1. The fourth-order valence-electron chi connectivity index (χ4n) is 2.58. The third-order valence-electron chi connectivity index (χ3n) is 3.67. The average molecular weight is 341 g/mol. The van der Waals surface area contributed by atoms with Crippen LogP contribution in [0.25, 0.3) is 0 Å². The van der Waals surface area contributed by atoms with E-state index >= 15 is 0 Å². The molecule has 0 radical (unpaired) electrons. The summed E-state index contributed by atoms with van der Waals surface area (Å²) >= 11 is 3.27. The van der Waals surface area contributed by atoms with Crippen LogP contribution >= 0.6 is 15.9 Å². The normalized spacial score (nSPS) is 17.1. The van der Waals surface area contributed by atoms with Crippen molar-refractivity contribution in [3.8, 4) is 5.75 Å². The van der Waals surface area contributed by atoms with E-state index in [0.717, 1.165) is 36.9 Å². The number of hydrogen-bond acceptors (Lipinski definition) is 3. The number of phenolic OH excluding ortho intramolecular Hbond substituents is 1. The number of benzene rings is 1. The van der Waals surface area contributed by atoms with Crippen molar-refractivity contribution >= 4 is 21.8 Å². The Kier molecular flexibility index (Phi) is 5.43. The summed E-state index contributed by atoms with van der Waals surface area (Å²) in [7, 11) is 0. The van der Waals surface area contributed by atoms with Crippen LogP contribution in [0.2, 0.25) is 0 Å². The van der Waals surface area contributed by atoms with Gasteiger partial charge in [0.2, 0.25) is 0 Å². The van der Waals surface area contributed by atoms with Crippen LogP contribution in [0, 0.1) is 0 Å². The molecule has 0 spiro atoms. The first-order valence-corrected chi connectivity index (χ1v) is 7.91. The predicted molar refractivity (Wildman–Crippen MR) is 83.0 cm³/mol. The van der Waals surface area contributed by atoms with Gasteiger partial charge < -0.3 is 15.3 Å². The molecule has 4 nitrogen and oxygen atoms in total. The first kappa shape index (κ1) is 15.3. The molecular formula is C15H21BrN2O2. The van der Waals surface area contributed by atoms with E-state index in [1.165, 1.54) is 6.42 Å². The second-order valence-electron chi connectivity index (χ2n) is 5.25. The van der Waals surface area contributed by atoms with Gasteiger partial charge >= 0.3 is 0 Å². The number of carbonyl (C=O) groups is 1. The number of nitrogens with one attached hydrogen (secondary N) is 1. The number of piperidine rings is 1. The van der Waals surface area contributed by atoms with Crippen LogP contribution in [0.3, 0.4) is 0 Å². The van der Waals surface area contributed by atoms with Gasteiger partial charge in [-0.1, -0.05) is 22.9 Å². The van der Waals surface area contributed by atoms with Gasteiger partial charge in [-0.2, -0.15) is 0 Å². The average Bonchev–Trinajstić information content (AvgIpc) is 2.41. The van der Waals surface area contributed by atoms with E-state index in [4.69, 9.17) is 0 Å². The molecule has 1 aliphatic rings. The Labute approximate surface area is 128 Å². The molecule has 0 bridgehead atoms. The maximum atomic E-state index is 12.2. The van der Waals surface area contributed by atoms with Crippen molar-refractivity contribution in [1.82, 2.24) is 10.2 Å². The van der Waals surface area contributed by atoms with Crippen molar-refractivity contribution in [2.75, 3.05) is 19.6 Å². The highest BCUT2D eigenvalue weighted by Crippen LogP contribution is 2.22. The number of rotatable bonds is 4. The second-order valence-corrected chi connectivity index (χ2v) is 6.17. The lowest BCUT2D eigenvalue weighted by Crippen LogP contribution is -2.44. The molecule has 1 fully saturated rings. The van der Waals surface area contributed by atoms with Gasteiger partial charge in [0.25, 0.3) is 5.91 Å². The van der Waals surface area contributed by atoms with E-state index in [1.54, 1.807) is 18.2 Å². The van der Waals surface area contributed by atoms with Gasteiger partial charge in [-0.3, -0.25) is 4.79 Å². The van der Waals surface area contributed by atoms with Crippen molar-refractivity contribution in [2.45, 2.75) is 32.2 Å². The van der Waals surface area contributed by atoms with E-state index in [-0.39, 0.29) is 17.7 Å². The summed E-state index contributed by atoms with van der Waals surface area (Å²) in [4.78, 5) is 14.6. The molecule has 1 aromatic carbocycles. The van der Waals surface area contributed by atoms with Crippen LogP contribution < -0.4 is 5.32 Å². The minimum absolute atomic E-state index is 0.0142. The Morgan fingerprint density at radius 1 is 1.45 bits per heavy atom. The van der Waals surface area contributed by atoms with Crippen molar-refractivity contribution in [1.29, 1.82) is 0 Å². The third-order valence-corrected chi connectivity index (χ3v) is 4.16. The number of halogens is 1. The highest BCUT2D eigenvalue weighted by atomic mass is 79.9. The second kappa shape index (κ2) is 7.09.